The van der Waals surface area contributed by atoms with Crippen molar-refractivity contribution in [2.24, 2.45) is 11.7 Å². The third kappa shape index (κ3) is 2.60. The summed E-state index contributed by atoms with van der Waals surface area (Å²) < 4.78 is 5.73. The first kappa shape index (κ1) is 11.1. The number of nitriles is 1. The maximum atomic E-state index is 8.66. The van der Waals surface area contributed by atoms with Gasteiger partial charge in [-0.3, -0.25) is 0 Å². The van der Waals surface area contributed by atoms with Crippen molar-refractivity contribution in [3.8, 4) is 6.07 Å². The van der Waals surface area contributed by atoms with Gasteiger partial charge in [0.2, 0.25) is 0 Å². The average Bonchev–Trinajstić information content (AvgIpc) is 2.28. The van der Waals surface area contributed by atoms with E-state index in [1.165, 1.54) is 0 Å². The minimum atomic E-state index is 0.379. The molecule has 3 nitrogen and oxygen atoms in total. The summed E-state index contributed by atoms with van der Waals surface area (Å²) in [7, 11) is 0. The molecule has 1 aliphatic carbocycles. The number of rotatable bonds is 4. The molecular weight excluding hydrogens is 200 g/mol. The Labute approximate surface area is 95.8 Å². The van der Waals surface area contributed by atoms with Gasteiger partial charge in [0.05, 0.1) is 24.3 Å². The van der Waals surface area contributed by atoms with Crippen LogP contribution in [0.2, 0.25) is 0 Å². The number of nitrogens with two attached hydrogens (primary N) is 1. The molecule has 0 aromatic heterocycles. The lowest BCUT2D eigenvalue weighted by Gasteiger charge is -2.34. The Morgan fingerprint density at radius 1 is 1.31 bits per heavy atom. The summed E-state index contributed by atoms with van der Waals surface area (Å²) >= 11 is 0. The SMILES string of the molecule is N#Cc1ccc(COC2CC(CN)C2)cc1. The molecule has 1 fully saturated rings. The topological polar surface area (TPSA) is 59.0 Å². The summed E-state index contributed by atoms with van der Waals surface area (Å²) in [5, 5.41) is 8.66. The van der Waals surface area contributed by atoms with E-state index in [4.69, 9.17) is 15.7 Å². The van der Waals surface area contributed by atoms with E-state index in [9.17, 15) is 0 Å². The molecule has 2 N–H and O–H groups in total. The molecule has 84 valence electrons. The first-order valence-corrected chi connectivity index (χ1v) is 5.62. The van der Waals surface area contributed by atoms with Gasteiger partial charge in [0.1, 0.15) is 0 Å². The fourth-order valence-electron chi connectivity index (χ4n) is 1.89. The van der Waals surface area contributed by atoms with E-state index in [1.807, 2.05) is 24.3 Å². The molecule has 0 amide bonds. The van der Waals surface area contributed by atoms with Crippen LogP contribution in [-0.2, 0) is 11.3 Å². The van der Waals surface area contributed by atoms with Gasteiger partial charge in [-0.2, -0.15) is 5.26 Å². The van der Waals surface area contributed by atoms with Crippen molar-refractivity contribution in [2.45, 2.75) is 25.6 Å². The van der Waals surface area contributed by atoms with Crippen molar-refractivity contribution >= 4 is 0 Å². The summed E-state index contributed by atoms with van der Waals surface area (Å²) in [4.78, 5) is 0. The Kier molecular flexibility index (Phi) is 3.55. The van der Waals surface area contributed by atoms with E-state index in [1.54, 1.807) is 0 Å². The van der Waals surface area contributed by atoms with Gasteiger partial charge in [-0.25, -0.2) is 0 Å². The monoisotopic (exact) mass is 216 g/mol. The molecule has 1 aromatic rings. The van der Waals surface area contributed by atoms with Gasteiger partial charge in [0.15, 0.2) is 0 Å². The lowest BCUT2D eigenvalue weighted by Crippen LogP contribution is -2.35. The normalized spacial score (nSPS) is 23.5. The molecule has 1 aromatic carbocycles. The van der Waals surface area contributed by atoms with Crippen LogP contribution < -0.4 is 5.73 Å². The molecule has 0 saturated heterocycles. The summed E-state index contributed by atoms with van der Waals surface area (Å²) in [5.74, 6) is 0.658. The zero-order chi connectivity index (χ0) is 11.4. The molecule has 0 aliphatic heterocycles. The maximum absolute atomic E-state index is 8.66. The van der Waals surface area contributed by atoms with Crippen LogP contribution in [0.5, 0.6) is 0 Å². The van der Waals surface area contributed by atoms with Crippen LogP contribution in [0.3, 0.4) is 0 Å². The summed E-state index contributed by atoms with van der Waals surface area (Å²) in [6.45, 7) is 1.41. The first-order chi connectivity index (χ1) is 7.81. The van der Waals surface area contributed by atoms with Crippen molar-refractivity contribution in [1.82, 2.24) is 0 Å². The molecular formula is C13H16N2O. The van der Waals surface area contributed by atoms with Crippen molar-refractivity contribution in [3.63, 3.8) is 0 Å². The summed E-state index contributed by atoms with van der Waals surface area (Å²) in [6.07, 6.45) is 2.56. The fraction of sp³-hybridized carbons (Fsp3) is 0.462. The van der Waals surface area contributed by atoms with Crippen LogP contribution in [-0.4, -0.2) is 12.6 Å². The quantitative estimate of drug-likeness (QED) is 0.835. The molecule has 0 atom stereocenters. The van der Waals surface area contributed by atoms with E-state index < -0.39 is 0 Å². The molecule has 0 spiro atoms. The van der Waals surface area contributed by atoms with Gasteiger partial charge >= 0.3 is 0 Å². The molecule has 1 aliphatic rings. The van der Waals surface area contributed by atoms with Crippen LogP contribution in [0.15, 0.2) is 24.3 Å². The van der Waals surface area contributed by atoms with E-state index in [0.29, 0.717) is 24.2 Å². The molecule has 16 heavy (non-hydrogen) atoms. The summed E-state index contributed by atoms with van der Waals surface area (Å²) in [5.41, 5.74) is 7.36. The van der Waals surface area contributed by atoms with Crippen LogP contribution >= 0.6 is 0 Å². The number of hydrogen-bond donors (Lipinski definition) is 1. The molecule has 1 saturated carbocycles. The second-order valence-electron chi connectivity index (χ2n) is 4.31. The molecule has 2 rings (SSSR count). The number of hydrogen-bond acceptors (Lipinski definition) is 3. The van der Waals surface area contributed by atoms with Crippen molar-refractivity contribution in [1.29, 1.82) is 5.26 Å². The van der Waals surface area contributed by atoms with Crippen LogP contribution in [0, 0.1) is 17.2 Å². The van der Waals surface area contributed by atoms with E-state index >= 15 is 0 Å². The van der Waals surface area contributed by atoms with E-state index in [-0.39, 0.29) is 0 Å². The number of ether oxygens (including phenoxy) is 1. The second-order valence-corrected chi connectivity index (χ2v) is 4.31. The second kappa shape index (κ2) is 5.11. The van der Waals surface area contributed by atoms with Gasteiger partial charge in [-0.1, -0.05) is 12.1 Å². The minimum absolute atomic E-state index is 0.379. The minimum Gasteiger partial charge on any atom is -0.374 e. The van der Waals surface area contributed by atoms with Gasteiger partial charge in [0, 0.05) is 0 Å². The third-order valence-corrected chi connectivity index (χ3v) is 3.09. The van der Waals surface area contributed by atoms with E-state index in [2.05, 4.69) is 6.07 Å². The van der Waals surface area contributed by atoms with Crippen LogP contribution in [0.25, 0.3) is 0 Å². The zero-order valence-corrected chi connectivity index (χ0v) is 9.23. The lowest BCUT2D eigenvalue weighted by molar-refractivity contribution is -0.0376. The Morgan fingerprint density at radius 2 is 2.00 bits per heavy atom. The average molecular weight is 216 g/mol. The largest absolute Gasteiger partial charge is 0.374 e. The molecule has 0 heterocycles. The first-order valence-electron chi connectivity index (χ1n) is 5.62. The highest BCUT2D eigenvalue weighted by Crippen LogP contribution is 2.29. The zero-order valence-electron chi connectivity index (χ0n) is 9.23. The van der Waals surface area contributed by atoms with Crippen molar-refractivity contribution in [2.75, 3.05) is 6.54 Å². The van der Waals surface area contributed by atoms with Gasteiger partial charge in [0.25, 0.3) is 0 Å². The Balaban J connectivity index is 1.76. The van der Waals surface area contributed by atoms with Gasteiger partial charge in [-0.15, -0.1) is 0 Å². The van der Waals surface area contributed by atoms with Gasteiger partial charge in [-0.05, 0) is 43.0 Å². The molecule has 0 unspecified atom stereocenters. The smallest absolute Gasteiger partial charge is 0.0991 e. The highest BCUT2D eigenvalue weighted by atomic mass is 16.5. The molecule has 0 bridgehead atoms. The van der Waals surface area contributed by atoms with Crippen LogP contribution in [0.1, 0.15) is 24.0 Å². The molecule has 0 radical (unpaired) electrons. The van der Waals surface area contributed by atoms with Crippen LogP contribution in [0.4, 0.5) is 0 Å². The van der Waals surface area contributed by atoms with Crippen molar-refractivity contribution in [3.05, 3.63) is 35.4 Å². The molecule has 3 heteroatoms. The van der Waals surface area contributed by atoms with Gasteiger partial charge < -0.3 is 10.5 Å². The highest BCUT2D eigenvalue weighted by Gasteiger charge is 2.28. The number of benzene rings is 1. The Morgan fingerprint density at radius 3 is 2.56 bits per heavy atom. The van der Waals surface area contributed by atoms with Crippen molar-refractivity contribution < 1.29 is 4.74 Å². The van der Waals surface area contributed by atoms with E-state index in [0.717, 1.165) is 24.9 Å². The highest BCUT2D eigenvalue weighted by molar-refractivity contribution is 5.31. The Bertz CT molecular complexity index is 374. The maximum Gasteiger partial charge on any atom is 0.0991 e. The standard InChI is InChI=1S/C13H16N2O/c14-7-10-1-3-11(4-2-10)9-16-13-5-12(6-13)8-15/h1-4,12-13H,5-6,8-9,15H2. The predicted molar refractivity (Wildman–Crippen MR) is 61.5 cm³/mol. The summed E-state index contributed by atoms with van der Waals surface area (Å²) in [6, 6.07) is 9.63. The Hall–Kier alpha value is -1.37. The lowest BCUT2D eigenvalue weighted by atomic mass is 9.82. The predicted octanol–water partition coefficient (Wildman–Crippen LogP) is 1.81. The number of nitrogens with zero attached hydrogens (tertiary/aromatic N) is 1. The fourth-order valence-corrected chi connectivity index (χ4v) is 1.89. The third-order valence-electron chi connectivity index (χ3n) is 3.09.